The second kappa shape index (κ2) is 6.88. The molecule has 10 heteroatoms. The molecule has 2 aliphatic rings. The van der Waals surface area contributed by atoms with Crippen molar-refractivity contribution < 1.29 is 22.7 Å². The maximum absolute atomic E-state index is 12.7. The van der Waals surface area contributed by atoms with Crippen LogP contribution in [0.5, 0.6) is 5.88 Å². The van der Waals surface area contributed by atoms with E-state index in [-0.39, 0.29) is 17.8 Å². The molecule has 3 heterocycles. The Balaban J connectivity index is 1.60. The van der Waals surface area contributed by atoms with Gasteiger partial charge in [-0.2, -0.15) is 13.2 Å². The smallest absolute Gasteiger partial charge is 0.395 e. The fraction of sp³-hybridized carbons (Fsp3) is 0.550. The molecule has 0 bridgehead atoms. The van der Waals surface area contributed by atoms with Gasteiger partial charge in [0.2, 0.25) is 5.88 Å². The highest BCUT2D eigenvalue weighted by Crippen LogP contribution is 2.46. The Kier molecular flexibility index (Phi) is 4.70. The summed E-state index contributed by atoms with van der Waals surface area (Å²) in [5, 5.41) is 4.20. The molecule has 2 N–H and O–H groups in total. The lowest BCUT2D eigenvalue weighted by molar-refractivity contribution is -0.153. The molecule has 2 aromatic heterocycles. The first-order valence-electron chi connectivity index (χ1n) is 9.83. The van der Waals surface area contributed by atoms with Crippen LogP contribution in [-0.4, -0.2) is 45.0 Å². The summed E-state index contributed by atoms with van der Waals surface area (Å²) in [6.07, 6.45) is -2.71. The van der Waals surface area contributed by atoms with Gasteiger partial charge in [0, 0.05) is 24.3 Å². The zero-order valence-corrected chi connectivity index (χ0v) is 17.0. The van der Waals surface area contributed by atoms with Crippen LogP contribution in [0.1, 0.15) is 44.0 Å². The number of amides is 1. The zero-order valence-electron chi connectivity index (χ0n) is 17.0. The summed E-state index contributed by atoms with van der Waals surface area (Å²) in [6.45, 7) is 7.04. The van der Waals surface area contributed by atoms with Crippen molar-refractivity contribution in [1.29, 1.82) is 0 Å². The SMILES string of the molecule is C[C@@H]1CN(c2nc(-n3ccc(O[C@@H]4C[C@@H]4C(F)(F)F)n3)ccc2C(N)=O)C(C)(C)C1. The van der Waals surface area contributed by atoms with Crippen molar-refractivity contribution in [3.63, 3.8) is 0 Å². The molecule has 0 aromatic carbocycles. The Labute approximate surface area is 172 Å². The molecule has 2 aromatic rings. The standard InChI is InChI=1S/C20H24F3N5O2/c1-11-9-19(2,3)27(10-11)18-12(17(24)29)4-5-15(25-18)28-7-6-16(26-28)30-14-8-13(14)20(21,22)23/h4-7,11,13-14H,8-10H2,1-3H3,(H2,24,29)/t11-,13-,14+/m0/s1. The lowest BCUT2D eigenvalue weighted by atomic mass is 9.97. The van der Waals surface area contributed by atoms with Gasteiger partial charge in [0.15, 0.2) is 5.82 Å². The van der Waals surface area contributed by atoms with Gasteiger partial charge < -0.3 is 15.4 Å². The minimum atomic E-state index is -4.26. The van der Waals surface area contributed by atoms with Gasteiger partial charge in [-0.05, 0) is 44.7 Å². The largest absolute Gasteiger partial charge is 0.473 e. The summed E-state index contributed by atoms with van der Waals surface area (Å²) in [5.74, 6) is -0.590. The second-order valence-electron chi connectivity index (χ2n) is 8.78. The molecule has 1 saturated heterocycles. The molecule has 1 aliphatic heterocycles. The molecule has 0 unspecified atom stereocenters. The highest BCUT2D eigenvalue weighted by atomic mass is 19.4. The van der Waals surface area contributed by atoms with Crippen LogP contribution in [0.2, 0.25) is 0 Å². The van der Waals surface area contributed by atoms with Crippen molar-refractivity contribution in [3.8, 4) is 11.7 Å². The molecule has 4 rings (SSSR count). The minimum Gasteiger partial charge on any atom is -0.473 e. The number of ether oxygens (including phenoxy) is 1. The summed E-state index contributed by atoms with van der Waals surface area (Å²) in [4.78, 5) is 18.7. The van der Waals surface area contributed by atoms with Crippen LogP contribution in [0.15, 0.2) is 24.4 Å². The first kappa shape index (κ1) is 20.5. The molecule has 30 heavy (non-hydrogen) atoms. The molecule has 1 amide bonds. The maximum atomic E-state index is 12.7. The Morgan fingerprint density at radius 1 is 1.30 bits per heavy atom. The van der Waals surface area contributed by atoms with Gasteiger partial charge in [-0.25, -0.2) is 9.67 Å². The van der Waals surface area contributed by atoms with E-state index >= 15 is 0 Å². The Morgan fingerprint density at radius 3 is 2.60 bits per heavy atom. The van der Waals surface area contributed by atoms with Gasteiger partial charge in [-0.3, -0.25) is 4.79 Å². The van der Waals surface area contributed by atoms with Crippen LogP contribution in [0.25, 0.3) is 5.82 Å². The fourth-order valence-corrected chi connectivity index (χ4v) is 4.22. The number of aromatic nitrogens is 3. The summed E-state index contributed by atoms with van der Waals surface area (Å²) in [5.41, 5.74) is 5.68. The molecule has 1 aliphatic carbocycles. The van der Waals surface area contributed by atoms with E-state index < -0.39 is 24.1 Å². The van der Waals surface area contributed by atoms with Gasteiger partial charge in [0.05, 0.1) is 11.5 Å². The molecule has 2 fully saturated rings. The van der Waals surface area contributed by atoms with Gasteiger partial charge >= 0.3 is 6.18 Å². The van der Waals surface area contributed by atoms with Gasteiger partial charge in [-0.1, -0.05) is 6.92 Å². The van der Waals surface area contributed by atoms with Crippen LogP contribution in [0.4, 0.5) is 19.0 Å². The number of halogens is 3. The van der Waals surface area contributed by atoms with Crippen molar-refractivity contribution in [3.05, 3.63) is 30.0 Å². The normalized spacial score (nSPS) is 25.4. The van der Waals surface area contributed by atoms with Crippen LogP contribution < -0.4 is 15.4 Å². The molecular weight excluding hydrogens is 399 g/mol. The number of rotatable bonds is 5. The number of alkyl halides is 3. The van der Waals surface area contributed by atoms with Crippen LogP contribution >= 0.6 is 0 Å². The van der Waals surface area contributed by atoms with Gasteiger partial charge in [-0.15, -0.1) is 5.10 Å². The molecule has 1 saturated carbocycles. The number of hydrogen-bond acceptors (Lipinski definition) is 5. The lowest BCUT2D eigenvalue weighted by Gasteiger charge is -2.33. The predicted octanol–water partition coefficient (Wildman–Crippen LogP) is 3.32. The average Bonchev–Trinajstić information content (AvgIpc) is 3.16. The van der Waals surface area contributed by atoms with E-state index in [4.69, 9.17) is 10.5 Å². The number of nitrogens with zero attached hydrogens (tertiary/aromatic N) is 4. The Morgan fingerprint density at radius 2 is 2.03 bits per heavy atom. The number of carbonyl (C=O) groups is 1. The highest BCUT2D eigenvalue weighted by Gasteiger charge is 2.58. The fourth-order valence-electron chi connectivity index (χ4n) is 4.22. The van der Waals surface area contributed by atoms with Gasteiger partial charge in [0.1, 0.15) is 11.9 Å². The summed E-state index contributed by atoms with van der Waals surface area (Å²) in [6, 6.07) is 4.70. The number of anilines is 1. The maximum Gasteiger partial charge on any atom is 0.395 e. The molecular formula is C20H24F3N5O2. The first-order valence-corrected chi connectivity index (χ1v) is 9.83. The van der Waals surface area contributed by atoms with E-state index in [0.29, 0.717) is 23.1 Å². The molecule has 0 spiro atoms. The summed E-state index contributed by atoms with van der Waals surface area (Å²) in [7, 11) is 0. The summed E-state index contributed by atoms with van der Waals surface area (Å²) < 4.78 is 44.8. The lowest BCUT2D eigenvalue weighted by Crippen LogP contribution is -2.40. The van der Waals surface area contributed by atoms with E-state index in [0.717, 1.165) is 13.0 Å². The predicted molar refractivity (Wildman–Crippen MR) is 104 cm³/mol. The number of pyridine rings is 1. The molecule has 3 atom stereocenters. The Hall–Kier alpha value is -2.78. The quantitative estimate of drug-likeness (QED) is 0.797. The molecule has 0 radical (unpaired) electrons. The Bertz CT molecular complexity index is 972. The number of hydrogen-bond donors (Lipinski definition) is 1. The zero-order chi connectivity index (χ0) is 21.8. The van der Waals surface area contributed by atoms with Crippen molar-refractivity contribution in [2.45, 2.75) is 51.4 Å². The third-order valence-electron chi connectivity index (χ3n) is 5.68. The number of primary amides is 1. The third kappa shape index (κ3) is 3.82. The number of carbonyl (C=O) groups excluding carboxylic acids is 1. The summed E-state index contributed by atoms with van der Waals surface area (Å²) >= 11 is 0. The van der Waals surface area contributed by atoms with E-state index in [1.807, 2.05) is 0 Å². The van der Waals surface area contributed by atoms with E-state index in [2.05, 4.69) is 35.8 Å². The van der Waals surface area contributed by atoms with E-state index in [9.17, 15) is 18.0 Å². The molecule has 7 nitrogen and oxygen atoms in total. The number of nitrogens with two attached hydrogens (primary N) is 1. The second-order valence-corrected chi connectivity index (χ2v) is 8.78. The highest BCUT2D eigenvalue weighted by molar-refractivity contribution is 5.98. The van der Waals surface area contributed by atoms with Crippen molar-refractivity contribution >= 4 is 11.7 Å². The monoisotopic (exact) mass is 423 g/mol. The first-order chi connectivity index (χ1) is 14.0. The third-order valence-corrected chi connectivity index (χ3v) is 5.68. The topological polar surface area (TPSA) is 86.3 Å². The van der Waals surface area contributed by atoms with Crippen molar-refractivity contribution in [1.82, 2.24) is 14.8 Å². The van der Waals surface area contributed by atoms with Gasteiger partial charge in [0.25, 0.3) is 5.91 Å². The average molecular weight is 423 g/mol. The minimum absolute atomic E-state index is 0.0612. The van der Waals surface area contributed by atoms with Crippen LogP contribution in [-0.2, 0) is 0 Å². The van der Waals surface area contributed by atoms with Crippen molar-refractivity contribution in [2.24, 2.45) is 17.6 Å². The van der Waals surface area contributed by atoms with Crippen molar-refractivity contribution in [2.75, 3.05) is 11.4 Å². The van der Waals surface area contributed by atoms with Crippen LogP contribution in [0.3, 0.4) is 0 Å². The van der Waals surface area contributed by atoms with E-state index in [1.54, 1.807) is 18.3 Å². The van der Waals surface area contributed by atoms with E-state index in [1.165, 1.54) is 10.7 Å². The molecule has 162 valence electrons. The van der Waals surface area contributed by atoms with Crippen LogP contribution in [0, 0.1) is 11.8 Å².